The van der Waals surface area contributed by atoms with E-state index in [4.69, 9.17) is 0 Å². The number of hydrogen-bond donors (Lipinski definition) is 1. The summed E-state index contributed by atoms with van der Waals surface area (Å²) in [6, 6.07) is 24.4. The second-order valence-corrected chi connectivity index (χ2v) is 12.6. The van der Waals surface area contributed by atoms with Crippen LogP contribution in [0.1, 0.15) is 31.5 Å². The molecule has 2 amide bonds. The maximum Gasteiger partial charge on any atom is 0.303 e. The molecule has 2 fully saturated rings. The summed E-state index contributed by atoms with van der Waals surface area (Å²) in [6.07, 6.45) is 0.138. The number of carbonyl (C=O) groups excluding carboxylic acids is 2. The molecule has 1 N–H and O–H groups in total. The first-order chi connectivity index (χ1) is 20.7. The van der Waals surface area contributed by atoms with Crippen LogP contribution in [0.4, 0.5) is 0 Å². The number of amides is 2. The molecule has 3 atom stereocenters. The molecule has 0 bridgehead atoms. The number of fused-ring (bicyclic) bond motifs is 2. The number of aromatic nitrogens is 1. The zero-order valence-corrected chi connectivity index (χ0v) is 24.0. The van der Waals surface area contributed by atoms with Crippen molar-refractivity contribution >= 4 is 38.6 Å². The second kappa shape index (κ2) is 12.6. The monoisotopic (exact) mass is 614 g/mol. The minimum atomic E-state index is -4.32. The summed E-state index contributed by atoms with van der Waals surface area (Å²) in [5.41, 5.74) is 1.43. The normalized spacial score (nSPS) is 20.4. The van der Waals surface area contributed by atoms with Crippen LogP contribution in [0.25, 0.3) is 10.8 Å². The molecule has 0 radical (unpaired) electrons. The summed E-state index contributed by atoms with van der Waals surface area (Å²) in [7, 11) is -4.32. The molecule has 3 aromatic carbocycles. The van der Waals surface area contributed by atoms with Crippen LogP contribution in [0.5, 0.6) is 0 Å². The number of pyridine rings is 1. The number of nitrogens with zero attached hydrogens (tertiary/aromatic N) is 4. The number of hydrogen-bond acceptors (Lipinski definition) is 6. The van der Waals surface area contributed by atoms with Gasteiger partial charge in [0.2, 0.25) is 21.8 Å². The van der Waals surface area contributed by atoms with Gasteiger partial charge < -0.3 is 14.9 Å². The van der Waals surface area contributed by atoms with Gasteiger partial charge in [-0.05, 0) is 47.0 Å². The average Bonchev–Trinajstić information content (AvgIpc) is 3.30. The molecule has 2 saturated heterocycles. The molecule has 0 spiro atoms. The first-order valence-corrected chi connectivity index (χ1v) is 15.5. The molecule has 44 heavy (non-hydrogen) atoms. The van der Waals surface area contributed by atoms with E-state index in [1.165, 1.54) is 11.0 Å². The van der Waals surface area contributed by atoms with Gasteiger partial charge in [0, 0.05) is 19.0 Å². The number of sulfonamides is 1. The lowest BCUT2D eigenvalue weighted by Crippen LogP contribution is -2.64. The number of carboxylic acids is 1. The Labute approximate surface area is 256 Å². The lowest BCUT2D eigenvalue weighted by atomic mass is 10.00. The summed E-state index contributed by atoms with van der Waals surface area (Å²) in [4.78, 5) is 47.0. The van der Waals surface area contributed by atoms with E-state index in [0.29, 0.717) is 11.1 Å². The topological polar surface area (TPSA) is 128 Å². The highest BCUT2D eigenvalue weighted by Crippen LogP contribution is 2.38. The molecule has 0 unspecified atom stereocenters. The van der Waals surface area contributed by atoms with Gasteiger partial charge in [-0.1, -0.05) is 74.2 Å². The molecule has 1 aromatic heterocycles. The third-order valence-corrected chi connectivity index (χ3v) is 9.96. The van der Waals surface area contributed by atoms with Gasteiger partial charge in [-0.15, -0.1) is 0 Å². The quantitative estimate of drug-likeness (QED) is 0.303. The van der Waals surface area contributed by atoms with Crippen molar-refractivity contribution < 1.29 is 27.9 Å². The van der Waals surface area contributed by atoms with Gasteiger partial charge in [0.05, 0.1) is 23.7 Å². The second-order valence-electron chi connectivity index (χ2n) is 10.8. The van der Waals surface area contributed by atoms with Crippen LogP contribution in [0.2, 0.25) is 0 Å². The summed E-state index contributed by atoms with van der Waals surface area (Å²) >= 11 is 0. The number of piperazine rings is 1. The number of rotatable bonds is 9. The first-order valence-electron chi connectivity index (χ1n) is 14.0. The van der Waals surface area contributed by atoms with Crippen LogP contribution >= 0.6 is 0 Å². The van der Waals surface area contributed by atoms with Gasteiger partial charge in [0.15, 0.2) is 0 Å². The zero-order chi connectivity index (χ0) is 30.1. The van der Waals surface area contributed by atoms with Crippen molar-refractivity contribution in [3.05, 3.63) is 108 Å². The van der Waals surface area contributed by atoms with E-state index in [1.54, 1.807) is 35.4 Å². The molecule has 11 heteroatoms. The smallest absolute Gasteiger partial charge is 0.303 e. The van der Waals surface area contributed by atoms with Crippen LogP contribution in [-0.4, -0.2) is 75.2 Å². The number of carboxylic acid groups (broad SMARTS) is 1. The first kappa shape index (κ1) is 30.8. The third kappa shape index (κ3) is 5.80. The fourth-order valence-electron chi connectivity index (χ4n) is 6.05. The Hall–Kier alpha value is -4.61. The van der Waals surface area contributed by atoms with E-state index in [0.717, 1.165) is 15.3 Å². The molecule has 6 rings (SSSR count). The Kier molecular flexibility index (Phi) is 8.80. The maximum absolute atomic E-state index is 14.4. The van der Waals surface area contributed by atoms with Crippen LogP contribution in [0.15, 0.2) is 102 Å². The summed E-state index contributed by atoms with van der Waals surface area (Å²) in [5, 5.41) is 11.0. The van der Waals surface area contributed by atoms with E-state index in [9.17, 15) is 27.9 Å². The Morgan fingerprint density at radius 2 is 1.57 bits per heavy atom. The molecular formula is C33H34N4O6S. The van der Waals surface area contributed by atoms with Crippen LogP contribution in [0.3, 0.4) is 0 Å². The lowest BCUT2D eigenvalue weighted by molar-refractivity contribution is -0.153. The van der Waals surface area contributed by atoms with E-state index < -0.39 is 46.6 Å². The van der Waals surface area contributed by atoms with E-state index in [-0.39, 0.29) is 44.2 Å². The van der Waals surface area contributed by atoms with Gasteiger partial charge in [-0.25, -0.2) is 8.42 Å². The van der Waals surface area contributed by atoms with Crippen molar-refractivity contribution in [2.24, 2.45) is 0 Å². The lowest BCUT2D eigenvalue weighted by Gasteiger charge is -2.44. The SMILES string of the molecule is C.O=C(O)CC[C@H]1C(=O)N2[C@@H](Cc3ccccc3)C(=O)N(Cc3ccccn3)C[C@@H]2N1S(=O)(=O)c1ccc2ccccc2c1. The largest absolute Gasteiger partial charge is 0.481 e. The minimum absolute atomic E-state index is 0. The minimum Gasteiger partial charge on any atom is -0.481 e. The highest BCUT2D eigenvalue weighted by molar-refractivity contribution is 7.89. The highest BCUT2D eigenvalue weighted by atomic mass is 32.2. The highest BCUT2D eigenvalue weighted by Gasteiger charge is 2.58. The summed E-state index contributed by atoms with van der Waals surface area (Å²) in [6.45, 7) is 0.0516. The Morgan fingerprint density at radius 1 is 0.864 bits per heavy atom. The summed E-state index contributed by atoms with van der Waals surface area (Å²) < 4.78 is 30.0. The van der Waals surface area contributed by atoms with E-state index in [2.05, 4.69) is 4.98 Å². The van der Waals surface area contributed by atoms with Crippen molar-refractivity contribution in [3.63, 3.8) is 0 Å². The van der Waals surface area contributed by atoms with E-state index >= 15 is 0 Å². The number of aliphatic carboxylic acids is 1. The van der Waals surface area contributed by atoms with Crippen molar-refractivity contribution in [3.8, 4) is 0 Å². The van der Waals surface area contributed by atoms with Crippen molar-refractivity contribution in [1.29, 1.82) is 0 Å². The Balaban J connectivity index is 0.00000384. The fraction of sp³-hybridized carbons (Fsp3) is 0.273. The molecule has 3 heterocycles. The predicted octanol–water partition coefficient (Wildman–Crippen LogP) is 3.92. The van der Waals surface area contributed by atoms with Gasteiger partial charge in [-0.3, -0.25) is 19.4 Å². The molecule has 4 aromatic rings. The Morgan fingerprint density at radius 3 is 2.27 bits per heavy atom. The molecule has 0 aliphatic carbocycles. The van der Waals surface area contributed by atoms with Crippen LogP contribution in [-0.2, 0) is 37.4 Å². The Bertz CT molecular complexity index is 1780. The van der Waals surface area contributed by atoms with Gasteiger partial charge in [0.1, 0.15) is 18.2 Å². The van der Waals surface area contributed by atoms with Gasteiger partial charge in [0.25, 0.3) is 0 Å². The van der Waals surface area contributed by atoms with Gasteiger partial charge >= 0.3 is 5.97 Å². The number of carbonyl (C=O) groups is 3. The van der Waals surface area contributed by atoms with Crippen LogP contribution < -0.4 is 0 Å². The molecule has 0 saturated carbocycles. The van der Waals surface area contributed by atoms with Crippen molar-refractivity contribution in [2.75, 3.05) is 6.54 Å². The molecule has 228 valence electrons. The van der Waals surface area contributed by atoms with Gasteiger partial charge in [-0.2, -0.15) is 4.31 Å². The molecule has 2 aliphatic rings. The maximum atomic E-state index is 14.4. The fourth-order valence-corrected chi connectivity index (χ4v) is 7.82. The van der Waals surface area contributed by atoms with Crippen molar-refractivity contribution in [1.82, 2.24) is 19.1 Å². The standard InChI is InChI=1S/C32H30N4O6S.CH4/c37-30(38)16-15-27-32(40)35-28(18-22-8-2-1-3-9-22)31(39)34(20-25-12-6-7-17-33-25)21-29(35)36(27)43(41,42)26-14-13-23-10-4-5-11-24(23)19-26;/h1-14,17,19,27-29H,15-16,18,20-21H2,(H,37,38);1H4/t27-,28-,29-;/m0./s1. The molecule has 10 nitrogen and oxygen atoms in total. The number of benzene rings is 3. The van der Waals surface area contributed by atoms with E-state index in [1.807, 2.05) is 60.7 Å². The third-order valence-electron chi connectivity index (χ3n) is 8.06. The average molecular weight is 615 g/mol. The molecule has 2 aliphatic heterocycles. The molecular weight excluding hydrogens is 580 g/mol. The predicted molar refractivity (Wildman–Crippen MR) is 165 cm³/mol. The van der Waals surface area contributed by atoms with Crippen molar-refractivity contribution in [2.45, 2.75) is 56.4 Å². The summed E-state index contributed by atoms with van der Waals surface area (Å²) in [5.74, 6) is -2.03. The van der Waals surface area contributed by atoms with Crippen LogP contribution in [0, 0.1) is 0 Å². The zero-order valence-electron chi connectivity index (χ0n) is 23.2.